The van der Waals surface area contributed by atoms with Gasteiger partial charge in [-0.2, -0.15) is 0 Å². The number of rotatable bonds is 7. The Morgan fingerprint density at radius 1 is 1.27 bits per heavy atom. The van der Waals surface area contributed by atoms with Crippen molar-refractivity contribution in [2.45, 2.75) is 58.0 Å². The largest absolute Gasteiger partial charge is 0.389 e. The van der Waals surface area contributed by atoms with Gasteiger partial charge in [0.15, 0.2) is 0 Å². The van der Waals surface area contributed by atoms with E-state index in [4.69, 9.17) is 0 Å². The molecule has 2 heteroatoms. The first kappa shape index (κ1) is 11.4. The second-order valence-electron chi connectivity index (χ2n) is 5.67. The number of nitrogens with one attached hydrogen (secondary N) is 1. The van der Waals surface area contributed by atoms with Crippen molar-refractivity contribution >= 4 is 0 Å². The van der Waals surface area contributed by atoms with Crippen molar-refractivity contribution < 1.29 is 5.11 Å². The molecule has 2 saturated carbocycles. The topological polar surface area (TPSA) is 32.3 Å². The zero-order chi connectivity index (χ0) is 10.9. The lowest BCUT2D eigenvalue weighted by atomic mass is 9.96. The van der Waals surface area contributed by atoms with Crippen LogP contribution in [0.25, 0.3) is 0 Å². The first-order valence-corrected chi connectivity index (χ1v) is 6.57. The Kier molecular flexibility index (Phi) is 3.09. The first-order chi connectivity index (χ1) is 7.14. The van der Waals surface area contributed by atoms with Gasteiger partial charge in [0.2, 0.25) is 0 Å². The highest BCUT2D eigenvalue weighted by Gasteiger charge is 2.53. The summed E-state index contributed by atoms with van der Waals surface area (Å²) in [6.45, 7) is 6.05. The average molecular weight is 211 g/mol. The Bertz CT molecular complexity index is 213. The fourth-order valence-electron chi connectivity index (χ4n) is 2.63. The molecule has 2 aliphatic carbocycles. The minimum Gasteiger partial charge on any atom is -0.389 e. The molecule has 0 radical (unpaired) electrons. The summed E-state index contributed by atoms with van der Waals surface area (Å²) >= 11 is 0. The molecule has 0 unspecified atom stereocenters. The van der Waals surface area contributed by atoms with Crippen molar-refractivity contribution in [3.05, 3.63) is 0 Å². The molecule has 0 aromatic heterocycles. The van der Waals surface area contributed by atoms with Crippen LogP contribution in [0.2, 0.25) is 0 Å². The van der Waals surface area contributed by atoms with Crippen LogP contribution in [-0.2, 0) is 0 Å². The van der Waals surface area contributed by atoms with Crippen LogP contribution in [-0.4, -0.2) is 23.8 Å². The van der Waals surface area contributed by atoms with Crippen LogP contribution >= 0.6 is 0 Å². The Labute approximate surface area is 93.5 Å². The Morgan fingerprint density at radius 3 is 2.27 bits per heavy atom. The molecule has 2 N–H and O–H groups in total. The molecule has 2 aliphatic rings. The zero-order valence-corrected chi connectivity index (χ0v) is 10.2. The molecule has 0 atom stereocenters. The van der Waals surface area contributed by atoms with Crippen LogP contribution in [0.3, 0.4) is 0 Å². The van der Waals surface area contributed by atoms with Gasteiger partial charge in [0.05, 0.1) is 5.60 Å². The minimum absolute atomic E-state index is 0.473. The van der Waals surface area contributed by atoms with Gasteiger partial charge in [0, 0.05) is 13.1 Å². The van der Waals surface area contributed by atoms with E-state index in [9.17, 15) is 5.11 Å². The number of hydrogen-bond acceptors (Lipinski definition) is 2. The highest BCUT2D eigenvalue weighted by Crippen LogP contribution is 2.60. The van der Waals surface area contributed by atoms with Crippen molar-refractivity contribution in [3.63, 3.8) is 0 Å². The molecule has 2 rings (SSSR count). The van der Waals surface area contributed by atoms with E-state index in [0.29, 0.717) is 5.41 Å². The molecule has 0 saturated heterocycles. The van der Waals surface area contributed by atoms with Gasteiger partial charge in [-0.15, -0.1) is 0 Å². The molecule has 0 amide bonds. The van der Waals surface area contributed by atoms with Gasteiger partial charge in [-0.1, -0.05) is 13.8 Å². The van der Waals surface area contributed by atoms with Crippen molar-refractivity contribution in [2.75, 3.05) is 13.1 Å². The second-order valence-corrected chi connectivity index (χ2v) is 5.67. The third kappa shape index (κ3) is 2.54. The van der Waals surface area contributed by atoms with Crippen LogP contribution < -0.4 is 5.32 Å². The smallest absolute Gasteiger partial charge is 0.0766 e. The lowest BCUT2D eigenvalue weighted by Crippen LogP contribution is -2.41. The van der Waals surface area contributed by atoms with E-state index in [1.54, 1.807) is 0 Å². The molecule has 0 heterocycles. The van der Waals surface area contributed by atoms with Crippen LogP contribution in [0.1, 0.15) is 52.4 Å². The maximum absolute atomic E-state index is 10.1. The van der Waals surface area contributed by atoms with E-state index in [1.807, 2.05) is 0 Å². The molecule has 0 bridgehead atoms. The highest BCUT2D eigenvalue weighted by molar-refractivity contribution is 5.05. The molecular weight excluding hydrogens is 186 g/mol. The summed E-state index contributed by atoms with van der Waals surface area (Å²) in [6.07, 6.45) is 7.45. The minimum atomic E-state index is -0.473. The van der Waals surface area contributed by atoms with Gasteiger partial charge in [-0.3, -0.25) is 0 Å². The van der Waals surface area contributed by atoms with Gasteiger partial charge in [0.1, 0.15) is 0 Å². The quantitative estimate of drug-likeness (QED) is 0.677. The van der Waals surface area contributed by atoms with E-state index < -0.39 is 5.60 Å². The van der Waals surface area contributed by atoms with Gasteiger partial charge < -0.3 is 10.4 Å². The summed E-state index contributed by atoms with van der Waals surface area (Å²) in [5.74, 6) is 1.02. The SMILES string of the molecule is CCC(O)(CC)CNCC1(C2CC2)CC1. The fourth-order valence-corrected chi connectivity index (χ4v) is 2.63. The average Bonchev–Trinajstić information content (AvgIpc) is 3.08. The lowest BCUT2D eigenvalue weighted by molar-refractivity contribution is 0.0312. The Morgan fingerprint density at radius 2 is 1.87 bits per heavy atom. The molecule has 2 fully saturated rings. The third-order valence-corrected chi connectivity index (χ3v) is 4.58. The van der Waals surface area contributed by atoms with Crippen molar-refractivity contribution in [1.29, 1.82) is 0 Å². The standard InChI is InChI=1S/C13H25NO/c1-3-13(15,4-2)10-14-9-12(7-8-12)11-5-6-11/h11,14-15H,3-10H2,1-2H3. The molecule has 0 spiro atoms. The summed E-state index contributed by atoms with van der Waals surface area (Å²) in [4.78, 5) is 0. The summed E-state index contributed by atoms with van der Waals surface area (Å²) in [7, 11) is 0. The summed E-state index contributed by atoms with van der Waals surface area (Å²) in [5, 5.41) is 13.6. The second kappa shape index (κ2) is 4.06. The monoisotopic (exact) mass is 211 g/mol. The maximum atomic E-state index is 10.1. The van der Waals surface area contributed by atoms with Crippen LogP contribution in [0.4, 0.5) is 0 Å². The summed E-state index contributed by atoms with van der Waals surface area (Å²) in [5.41, 5.74) is 0.183. The number of hydrogen-bond donors (Lipinski definition) is 2. The van der Waals surface area contributed by atoms with Crippen LogP contribution in [0.5, 0.6) is 0 Å². The fraction of sp³-hybridized carbons (Fsp3) is 1.00. The maximum Gasteiger partial charge on any atom is 0.0766 e. The molecule has 0 aliphatic heterocycles. The highest BCUT2D eigenvalue weighted by atomic mass is 16.3. The summed E-state index contributed by atoms with van der Waals surface area (Å²) < 4.78 is 0. The first-order valence-electron chi connectivity index (χ1n) is 6.57. The van der Waals surface area contributed by atoms with Crippen molar-refractivity contribution in [3.8, 4) is 0 Å². The zero-order valence-electron chi connectivity index (χ0n) is 10.2. The van der Waals surface area contributed by atoms with Gasteiger partial charge >= 0.3 is 0 Å². The summed E-state index contributed by atoms with van der Waals surface area (Å²) in [6, 6.07) is 0. The molecule has 0 aromatic carbocycles. The third-order valence-electron chi connectivity index (χ3n) is 4.58. The lowest BCUT2D eigenvalue weighted by Gasteiger charge is -2.27. The van der Waals surface area contributed by atoms with E-state index in [-0.39, 0.29) is 0 Å². The normalized spacial score (nSPS) is 24.2. The van der Waals surface area contributed by atoms with Gasteiger partial charge in [-0.05, 0) is 49.9 Å². The Hall–Kier alpha value is -0.0800. The van der Waals surface area contributed by atoms with Crippen LogP contribution in [0, 0.1) is 11.3 Å². The molecule has 2 nitrogen and oxygen atoms in total. The van der Waals surface area contributed by atoms with E-state index in [0.717, 1.165) is 31.8 Å². The van der Waals surface area contributed by atoms with E-state index >= 15 is 0 Å². The van der Waals surface area contributed by atoms with E-state index in [2.05, 4.69) is 19.2 Å². The van der Waals surface area contributed by atoms with E-state index in [1.165, 1.54) is 25.7 Å². The predicted octanol–water partition coefficient (Wildman–Crippen LogP) is 2.32. The number of aliphatic hydroxyl groups is 1. The molecule has 88 valence electrons. The van der Waals surface area contributed by atoms with Gasteiger partial charge in [-0.25, -0.2) is 0 Å². The molecular formula is C13H25NO. The van der Waals surface area contributed by atoms with Gasteiger partial charge in [0.25, 0.3) is 0 Å². The van der Waals surface area contributed by atoms with Crippen molar-refractivity contribution in [1.82, 2.24) is 5.32 Å². The van der Waals surface area contributed by atoms with Crippen molar-refractivity contribution in [2.24, 2.45) is 11.3 Å². The Balaban J connectivity index is 1.70. The molecule has 0 aromatic rings. The predicted molar refractivity (Wildman–Crippen MR) is 62.8 cm³/mol. The van der Waals surface area contributed by atoms with Crippen LogP contribution in [0.15, 0.2) is 0 Å². The molecule has 15 heavy (non-hydrogen) atoms.